The van der Waals surface area contributed by atoms with Crippen LogP contribution in [-0.2, 0) is 14.3 Å². The average molecular weight is 391 g/mol. The molecular formula is C19H29N5O4. The lowest BCUT2D eigenvalue weighted by molar-refractivity contribution is -0.141. The lowest BCUT2D eigenvalue weighted by atomic mass is 9.82. The van der Waals surface area contributed by atoms with Gasteiger partial charge in [-0.3, -0.25) is 19.5 Å². The van der Waals surface area contributed by atoms with E-state index in [1.165, 1.54) is 6.20 Å². The lowest BCUT2D eigenvalue weighted by Crippen LogP contribution is -2.51. The Kier molecular flexibility index (Phi) is 7.02. The maximum Gasteiger partial charge on any atom is 0.269 e. The normalized spacial score (nSPS) is 25.7. The number of hydrogen-bond acceptors (Lipinski definition) is 5. The Morgan fingerprint density at radius 2 is 2.25 bits per heavy atom. The lowest BCUT2D eigenvalue weighted by Gasteiger charge is -2.37. The second-order valence-electron chi connectivity index (χ2n) is 7.43. The molecule has 0 spiro atoms. The van der Waals surface area contributed by atoms with Crippen LogP contribution in [0.3, 0.4) is 0 Å². The van der Waals surface area contributed by atoms with Gasteiger partial charge in [0, 0.05) is 31.8 Å². The van der Waals surface area contributed by atoms with E-state index in [2.05, 4.69) is 20.8 Å². The van der Waals surface area contributed by atoms with Crippen LogP contribution in [0.5, 0.6) is 0 Å². The number of hydrogen-bond donors (Lipinski definition) is 3. The van der Waals surface area contributed by atoms with Gasteiger partial charge in [-0.15, -0.1) is 0 Å². The highest BCUT2D eigenvalue weighted by Gasteiger charge is 2.37. The molecule has 0 bridgehead atoms. The van der Waals surface area contributed by atoms with Crippen LogP contribution in [-0.4, -0.2) is 71.2 Å². The summed E-state index contributed by atoms with van der Waals surface area (Å²) in [6.45, 7) is 3.94. The van der Waals surface area contributed by atoms with Crippen molar-refractivity contribution in [2.45, 2.75) is 51.2 Å². The first-order chi connectivity index (χ1) is 13.6. The maximum atomic E-state index is 13.0. The topological polar surface area (TPSA) is 116 Å². The van der Waals surface area contributed by atoms with Crippen molar-refractivity contribution in [2.24, 2.45) is 5.92 Å². The van der Waals surface area contributed by atoms with E-state index in [4.69, 9.17) is 4.74 Å². The molecule has 3 rings (SSSR count). The van der Waals surface area contributed by atoms with Crippen LogP contribution in [0.4, 0.5) is 0 Å². The number of amides is 3. The number of nitrogens with one attached hydrogen (secondary N) is 3. The molecule has 1 aliphatic heterocycles. The van der Waals surface area contributed by atoms with E-state index in [0.29, 0.717) is 44.7 Å². The molecule has 9 heteroatoms. The third-order valence-corrected chi connectivity index (χ3v) is 5.31. The number of H-pyrrole nitrogens is 1. The second-order valence-corrected chi connectivity index (χ2v) is 7.43. The predicted octanol–water partition coefficient (Wildman–Crippen LogP) is 0.452. The predicted molar refractivity (Wildman–Crippen MR) is 101 cm³/mol. The number of rotatable bonds is 6. The van der Waals surface area contributed by atoms with Crippen LogP contribution in [0.1, 0.15) is 49.5 Å². The molecule has 0 radical (unpaired) electrons. The van der Waals surface area contributed by atoms with Gasteiger partial charge in [0.25, 0.3) is 5.91 Å². The minimum Gasteiger partial charge on any atom is -0.376 e. The summed E-state index contributed by atoms with van der Waals surface area (Å²) >= 11 is 0. The van der Waals surface area contributed by atoms with E-state index in [-0.39, 0.29) is 42.3 Å². The number of ether oxygens (including phenoxy) is 1. The molecule has 0 aromatic carbocycles. The molecule has 1 aliphatic carbocycles. The van der Waals surface area contributed by atoms with Crippen molar-refractivity contribution < 1.29 is 19.1 Å². The van der Waals surface area contributed by atoms with E-state index in [1.54, 1.807) is 11.0 Å². The second kappa shape index (κ2) is 9.68. The Bertz CT molecular complexity index is 678. The van der Waals surface area contributed by atoms with Gasteiger partial charge in [0.15, 0.2) is 0 Å². The van der Waals surface area contributed by atoms with Crippen molar-refractivity contribution in [1.29, 1.82) is 0 Å². The fourth-order valence-electron chi connectivity index (χ4n) is 3.87. The Hall–Kier alpha value is -2.42. The summed E-state index contributed by atoms with van der Waals surface area (Å²) in [7, 11) is 0. The first-order valence-corrected chi connectivity index (χ1v) is 10.1. The first-order valence-electron chi connectivity index (χ1n) is 10.1. The summed E-state index contributed by atoms with van der Waals surface area (Å²) in [6, 6.07) is 1.35. The van der Waals surface area contributed by atoms with Gasteiger partial charge >= 0.3 is 0 Å². The molecule has 0 unspecified atom stereocenters. The SMILES string of the molecule is CCCO[C@@H]1CC[C@H](C(=O)N2CCCNC(=O)C2)C[C@H]1NC(=O)c1ccn[nH]1. The molecule has 1 saturated heterocycles. The third kappa shape index (κ3) is 5.09. The van der Waals surface area contributed by atoms with Crippen LogP contribution in [0.25, 0.3) is 0 Å². The monoisotopic (exact) mass is 391 g/mol. The summed E-state index contributed by atoms with van der Waals surface area (Å²) in [5.41, 5.74) is 0.381. The zero-order valence-electron chi connectivity index (χ0n) is 16.3. The number of carbonyl (C=O) groups is 3. The molecular weight excluding hydrogens is 362 g/mol. The van der Waals surface area contributed by atoms with Crippen molar-refractivity contribution in [3.05, 3.63) is 18.0 Å². The Morgan fingerprint density at radius 1 is 1.39 bits per heavy atom. The van der Waals surface area contributed by atoms with E-state index in [9.17, 15) is 14.4 Å². The molecule has 28 heavy (non-hydrogen) atoms. The molecule has 3 N–H and O–H groups in total. The molecule has 1 saturated carbocycles. The number of aromatic amines is 1. The van der Waals surface area contributed by atoms with Crippen molar-refractivity contribution in [1.82, 2.24) is 25.7 Å². The standard InChI is InChI=1S/C19H29N5O4/c1-2-10-28-16-5-4-13(19(27)24-9-3-7-20-17(25)12-24)11-15(16)22-18(26)14-6-8-21-23-14/h6,8,13,15-16H,2-5,7,9-12H2,1H3,(H,20,25)(H,21,23)(H,22,26)/t13-,15+,16+/m0/s1. The highest BCUT2D eigenvalue weighted by Crippen LogP contribution is 2.29. The van der Waals surface area contributed by atoms with E-state index >= 15 is 0 Å². The highest BCUT2D eigenvalue weighted by molar-refractivity contribution is 5.92. The minimum absolute atomic E-state index is 0.00761. The van der Waals surface area contributed by atoms with Gasteiger partial charge in [-0.2, -0.15) is 5.10 Å². The summed E-state index contributed by atoms with van der Waals surface area (Å²) in [5, 5.41) is 12.3. The molecule has 2 aliphatic rings. The minimum atomic E-state index is -0.258. The number of carbonyl (C=O) groups excluding carboxylic acids is 3. The largest absolute Gasteiger partial charge is 0.376 e. The number of nitrogens with zero attached hydrogens (tertiary/aromatic N) is 2. The molecule has 1 aromatic rings. The smallest absolute Gasteiger partial charge is 0.269 e. The quantitative estimate of drug-likeness (QED) is 0.651. The molecule has 2 fully saturated rings. The van der Waals surface area contributed by atoms with Gasteiger partial charge in [-0.1, -0.05) is 6.92 Å². The van der Waals surface area contributed by atoms with Crippen LogP contribution in [0, 0.1) is 5.92 Å². The highest BCUT2D eigenvalue weighted by atomic mass is 16.5. The van der Waals surface area contributed by atoms with Crippen LogP contribution in [0.15, 0.2) is 12.3 Å². The van der Waals surface area contributed by atoms with Gasteiger partial charge < -0.3 is 20.3 Å². The van der Waals surface area contributed by atoms with Gasteiger partial charge in [-0.25, -0.2) is 0 Å². The van der Waals surface area contributed by atoms with Gasteiger partial charge in [0.2, 0.25) is 11.8 Å². The molecule has 2 heterocycles. The van der Waals surface area contributed by atoms with Crippen molar-refractivity contribution >= 4 is 17.7 Å². The number of aromatic nitrogens is 2. The van der Waals surface area contributed by atoms with E-state index < -0.39 is 0 Å². The summed E-state index contributed by atoms with van der Waals surface area (Å²) in [4.78, 5) is 38.9. The molecule has 3 atom stereocenters. The fraction of sp³-hybridized carbons (Fsp3) is 0.684. The van der Waals surface area contributed by atoms with Gasteiger partial charge in [0.05, 0.1) is 18.7 Å². The summed E-state index contributed by atoms with van der Waals surface area (Å²) in [6.07, 6.45) is 4.95. The molecule has 154 valence electrons. The molecule has 1 aromatic heterocycles. The van der Waals surface area contributed by atoms with Gasteiger partial charge in [-0.05, 0) is 38.2 Å². The van der Waals surface area contributed by atoms with Gasteiger partial charge in [0.1, 0.15) is 5.69 Å². The summed E-state index contributed by atoms with van der Waals surface area (Å²) < 4.78 is 5.94. The van der Waals surface area contributed by atoms with E-state index in [1.807, 2.05) is 6.92 Å². The van der Waals surface area contributed by atoms with Crippen LogP contribution < -0.4 is 10.6 Å². The maximum absolute atomic E-state index is 13.0. The Morgan fingerprint density at radius 3 is 3.00 bits per heavy atom. The van der Waals surface area contributed by atoms with Crippen LogP contribution >= 0.6 is 0 Å². The molecule has 9 nitrogen and oxygen atoms in total. The average Bonchev–Trinajstić information content (AvgIpc) is 3.15. The molecule has 3 amide bonds. The fourth-order valence-corrected chi connectivity index (χ4v) is 3.87. The Balaban J connectivity index is 1.66. The zero-order chi connectivity index (χ0) is 19.9. The van der Waals surface area contributed by atoms with E-state index in [0.717, 1.165) is 12.8 Å². The van der Waals surface area contributed by atoms with Crippen molar-refractivity contribution in [2.75, 3.05) is 26.2 Å². The summed E-state index contributed by atoms with van der Waals surface area (Å²) in [5.74, 6) is -0.601. The zero-order valence-corrected chi connectivity index (χ0v) is 16.3. The van der Waals surface area contributed by atoms with Crippen molar-refractivity contribution in [3.8, 4) is 0 Å². The Labute approximate surface area is 164 Å². The first kappa shape index (κ1) is 20.3. The van der Waals surface area contributed by atoms with Crippen LogP contribution in [0.2, 0.25) is 0 Å². The van der Waals surface area contributed by atoms with Crippen molar-refractivity contribution in [3.63, 3.8) is 0 Å². The third-order valence-electron chi connectivity index (χ3n) is 5.31.